The second kappa shape index (κ2) is 6.35. The van der Waals surface area contributed by atoms with Crippen molar-refractivity contribution in [1.82, 2.24) is 10.5 Å². The number of hydrogen-bond donors (Lipinski definition) is 1. The van der Waals surface area contributed by atoms with E-state index in [9.17, 15) is 0 Å². The lowest BCUT2D eigenvalue weighted by molar-refractivity contribution is 0.418. The summed E-state index contributed by atoms with van der Waals surface area (Å²) in [7, 11) is 0. The van der Waals surface area contributed by atoms with Crippen molar-refractivity contribution < 1.29 is 4.52 Å². The molecule has 2 rings (SSSR count). The zero-order chi connectivity index (χ0) is 13.8. The molecular formula is C15H19BrN2O. The van der Waals surface area contributed by atoms with Gasteiger partial charge in [-0.2, -0.15) is 0 Å². The second-order valence-electron chi connectivity index (χ2n) is 5.12. The molecule has 0 radical (unpaired) electrons. The van der Waals surface area contributed by atoms with Gasteiger partial charge in [0, 0.05) is 22.1 Å². The van der Waals surface area contributed by atoms with Crippen molar-refractivity contribution in [3.8, 4) is 11.3 Å². The first kappa shape index (κ1) is 14.3. The van der Waals surface area contributed by atoms with E-state index in [-0.39, 0.29) is 0 Å². The Morgan fingerprint density at radius 1 is 1.37 bits per heavy atom. The Morgan fingerprint density at radius 3 is 2.84 bits per heavy atom. The summed E-state index contributed by atoms with van der Waals surface area (Å²) in [6.07, 6.45) is 0. The Hall–Kier alpha value is -1.13. The molecule has 4 heteroatoms. The van der Waals surface area contributed by atoms with Crippen LogP contribution in [-0.2, 0) is 6.54 Å². The molecule has 3 nitrogen and oxygen atoms in total. The third-order valence-electron chi connectivity index (χ3n) is 2.95. The Morgan fingerprint density at radius 2 is 2.16 bits per heavy atom. The van der Waals surface area contributed by atoms with E-state index in [1.54, 1.807) is 0 Å². The predicted octanol–water partition coefficient (Wildman–Crippen LogP) is 4.16. The van der Waals surface area contributed by atoms with Crippen LogP contribution in [0.4, 0.5) is 0 Å². The van der Waals surface area contributed by atoms with Crippen LogP contribution in [0.3, 0.4) is 0 Å². The standard InChI is InChI=1S/C15H19BrN2O/c1-10(2)8-17-9-14-11(3)15(19-18-14)12-5-4-6-13(16)7-12/h4-7,10,17H,8-9H2,1-3H3. The molecule has 0 spiro atoms. The molecule has 1 aromatic carbocycles. The summed E-state index contributed by atoms with van der Waals surface area (Å²) in [4.78, 5) is 0. The van der Waals surface area contributed by atoms with Crippen molar-refractivity contribution in [2.75, 3.05) is 6.54 Å². The average molecular weight is 323 g/mol. The average Bonchev–Trinajstić information content (AvgIpc) is 2.71. The Bertz CT molecular complexity index is 549. The lowest BCUT2D eigenvalue weighted by Gasteiger charge is -2.05. The number of aromatic nitrogens is 1. The Kier molecular flexibility index (Phi) is 4.77. The van der Waals surface area contributed by atoms with E-state index in [4.69, 9.17) is 4.52 Å². The Labute approximate surface area is 122 Å². The summed E-state index contributed by atoms with van der Waals surface area (Å²) in [6.45, 7) is 8.17. The summed E-state index contributed by atoms with van der Waals surface area (Å²) >= 11 is 3.47. The van der Waals surface area contributed by atoms with Gasteiger partial charge in [0.2, 0.25) is 0 Å². The highest BCUT2D eigenvalue weighted by atomic mass is 79.9. The van der Waals surface area contributed by atoms with Crippen molar-refractivity contribution in [1.29, 1.82) is 0 Å². The molecule has 19 heavy (non-hydrogen) atoms. The molecular weight excluding hydrogens is 304 g/mol. The fourth-order valence-electron chi connectivity index (χ4n) is 1.91. The SMILES string of the molecule is Cc1c(CNCC(C)C)noc1-c1cccc(Br)c1. The summed E-state index contributed by atoms with van der Waals surface area (Å²) < 4.78 is 6.53. The third kappa shape index (κ3) is 3.67. The maximum absolute atomic E-state index is 5.48. The van der Waals surface area contributed by atoms with E-state index in [0.29, 0.717) is 5.92 Å². The van der Waals surface area contributed by atoms with E-state index < -0.39 is 0 Å². The van der Waals surface area contributed by atoms with Gasteiger partial charge >= 0.3 is 0 Å². The van der Waals surface area contributed by atoms with Crippen LogP contribution in [0.5, 0.6) is 0 Å². The van der Waals surface area contributed by atoms with Crippen molar-refractivity contribution >= 4 is 15.9 Å². The van der Waals surface area contributed by atoms with Crippen molar-refractivity contribution in [2.24, 2.45) is 5.92 Å². The van der Waals surface area contributed by atoms with Gasteiger partial charge in [0.1, 0.15) is 5.69 Å². The maximum Gasteiger partial charge on any atom is 0.170 e. The monoisotopic (exact) mass is 322 g/mol. The van der Waals surface area contributed by atoms with Crippen LogP contribution in [0.25, 0.3) is 11.3 Å². The second-order valence-corrected chi connectivity index (χ2v) is 6.03. The fraction of sp³-hybridized carbons (Fsp3) is 0.400. The van der Waals surface area contributed by atoms with Gasteiger partial charge in [-0.1, -0.05) is 47.1 Å². The molecule has 0 unspecified atom stereocenters. The first-order valence-corrected chi connectivity index (χ1v) is 7.29. The van der Waals surface area contributed by atoms with Gasteiger partial charge in [0.15, 0.2) is 5.76 Å². The smallest absolute Gasteiger partial charge is 0.170 e. The van der Waals surface area contributed by atoms with Crippen LogP contribution < -0.4 is 5.32 Å². The van der Waals surface area contributed by atoms with Gasteiger partial charge in [-0.25, -0.2) is 0 Å². The van der Waals surface area contributed by atoms with Crippen LogP contribution in [0.1, 0.15) is 25.1 Å². The maximum atomic E-state index is 5.48. The predicted molar refractivity (Wildman–Crippen MR) is 80.9 cm³/mol. The topological polar surface area (TPSA) is 38.1 Å². The highest BCUT2D eigenvalue weighted by Gasteiger charge is 2.13. The molecule has 0 fully saturated rings. The van der Waals surface area contributed by atoms with Crippen molar-refractivity contribution in [3.05, 3.63) is 40.0 Å². The highest BCUT2D eigenvalue weighted by molar-refractivity contribution is 9.10. The summed E-state index contributed by atoms with van der Waals surface area (Å²) in [5, 5.41) is 7.55. The minimum absolute atomic E-state index is 0.636. The van der Waals surface area contributed by atoms with Gasteiger partial charge in [0.05, 0.1) is 0 Å². The molecule has 2 aromatic rings. The molecule has 1 heterocycles. The summed E-state index contributed by atoms with van der Waals surface area (Å²) in [5.74, 6) is 1.49. The molecule has 0 saturated carbocycles. The summed E-state index contributed by atoms with van der Waals surface area (Å²) in [5.41, 5.74) is 3.14. The van der Waals surface area contributed by atoms with E-state index in [2.05, 4.69) is 47.2 Å². The van der Waals surface area contributed by atoms with Crippen LogP contribution >= 0.6 is 15.9 Å². The van der Waals surface area contributed by atoms with Crippen molar-refractivity contribution in [3.63, 3.8) is 0 Å². The first-order valence-electron chi connectivity index (χ1n) is 6.49. The van der Waals surface area contributed by atoms with Gasteiger partial charge in [-0.3, -0.25) is 0 Å². The largest absolute Gasteiger partial charge is 0.356 e. The number of nitrogens with one attached hydrogen (secondary N) is 1. The normalized spacial score (nSPS) is 11.2. The molecule has 0 aliphatic carbocycles. The number of nitrogens with zero attached hydrogens (tertiary/aromatic N) is 1. The lowest BCUT2D eigenvalue weighted by Crippen LogP contribution is -2.19. The fourth-order valence-corrected chi connectivity index (χ4v) is 2.31. The minimum atomic E-state index is 0.636. The summed E-state index contributed by atoms with van der Waals surface area (Å²) in [6, 6.07) is 8.07. The van der Waals surface area contributed by atoms with Crippen LogP contribution in [0.15, 0.2) is 33.3 Å². The zero-order valence-electron chi connectivity index (χ0n) is 11.5. The quantitative estimate of drug-likeness (QED) is 0.898. The van der Waals surface area contributed by atoms with Gasteiger partial charge in [-0.15, -0.1) is 0 Å². The number of rotatable bonds is 5. The molecule has 0 saturated heterocycles. The van der Waals surface area contributed by atoms with E-state index >= 15 is 0 Å². The lowest BCUT2D eigenvalue weighted by atomic mass is 10.1. The Balaban J connectivity index is 2.14. The minimum Gasteiger partial charge on any atom is -0.356 e. The number of hydrogen-bond acceptors (Lipinski definition) is 3. The van der Waals surface area contributed by atoms with E-state index in [1.165, 1.54) is 0 Å². The molecule has 0 aliphatic rings. The van der Waals surface area contributed by atoms with E-state index in [0.717, 1.165) is 40.1 Å². The molecule has 1 aromatic heterocycles. The van der Waals surface area contributed by atoms with Crippen LogP contribution in [0.2, 0.25) is 0 Å². The van der Waals surface area contributed by atoms with Crippen molar-refractivity contribution in [2.45, 2.75) is 27.3 Å². The number of benzene rings is 1. The van der Waals surface area contributed by atoms with Crippen LogP contribution in [0, 0.1) is 12.8 Å². The first-order chi connectivity index (χ1) is 9.08. The molecule has 0 aliphatic heterocycles. The number of halogens is 1. The molecule has 0 bridgehead atoms. The molecule has 102 valence electrons. The van der Waals surface area contributed by atoms with Crippen LogP contribution in [-0.4, -0.2) is 11.7 Å². The van der Waals surface area contributed by atoms with Gasteiger partial charge in [-0.05, 0) is 31.5 Å². The zero-order valence-corrected chi connectivity index (χ0v) is 13.1. The van der Waals surface area contributed by atoms with Gasteiger partial charge in [0.25, 0.3) is 0 Å². The van der Waals surface area contributed by atoms with E-state index in [1.807, 2.05) is 24.3 Å². The van der Waals surface area contributed by atoms with Gasteiger partial charge < -0.3 is 9.84 Å². The highest BCUT2D eigenvalue weighted by Crippen LogP contribution is 2.27. The molecule has 0 atom stereocenters. The molecule has 1 N–H and O–H groups in total. The third-order valence-corrected chi connectivity index (χ3v) is 3.45. The molecule has 0 amide bonds.